The summed E-state index contributed by atoms with van der Waals surface area (Å²) in [6, 6.07) is 0.746. The van der Waals surface area contributed by atoms with Crippen LogP contribution in [0.25, 0.3) is 0 Å². The number of nitrogens with one attached hydrogen (secondary N) is 2. The fourth-order valence-corrected chi connectivity index (χ4v) is 5.76. The second kappa shape index (κ2) is 6.29. The Morgan fingerprint density at radius 2 is 1.77 bits per heavy atom. The standard InChI is InChI=1S/C15H26N4O2S/c1-12-15(13(2)17-16-12)22(20,21)19-10-8-18(9-11-19)14-6-4-3-5-7-14/h14H,3-11H2,1-2H3,(H,16,17)/p+1. The third-order valence-corrected chi connectivity index (χ3v) is 7.37. The van der Waals surface area contributed by atoms with Gasteiger partial charge in [-0.3, -0.25) is 5.10 Å². The topological polar surface area (TPSA) is 70.5 Å². The van der Waals surface area contributed by atoms with E-state index in [9.17, 15) is 8.42 Å². The number of rotatable bonds is 3. The van der Waals surface area contributed by atoms with E-state index < -0.39 is 10.0 Å². The molecule has 0 aromatic carbocycles. The number of hydrogen-bond acceptors (Lipinski definition) is 3. The second-order valence-corrected chi connectivity index (χ2v) is 8.54. The minimum Gasteiger partial charge on any atom is -0.330 e. The summed E-state index contributed by atoms with van der Waals surface area (Å²) in [6.07, 6.45) is 6.65. The summed E-state index contributed by atoms with van der Waals surface area (Å²) in [6.45, 7) is 6.63. The average molecular weight is 327 g/mol. The maximum Gasteiger partial charge on any atom is 0.247 e. The van der Waals surface area contributed by atoms with Crippen molar-refractivity contribution in [2.24, 2.45) is 0 Å². The Morgan fingerprint density at radius 1 is 1.14 bits per heavy atom. The first-order valence-electron chi connectivity index (χ1n) is 8.36. The number of aryl methyl sites for hydroxylation is 2. The molecular weight excluding hydrogens is 300 g/mol. The zero-order valence-corrected chi connectivity index (χ0v) is 14.4. The summed E-state index contributed by atoms with van der Waals surface area (Å²) in [5, 5.41) is 6.81. The van der Waals surface area contributed by atoms with Crippen LogP contribution in [0.4, 0.5) is 0 Å². The lowest BCUT2D eigenvalue weighted by atomic mass is 9.94. The van der Waals surface area contributed by atoms with Crippen molar-refractivity contribution in [3.63, 3.8) is 0 Å². The molecule has 7 heteroatoms. The van der Waals surface area contributed by atoms with Crippen molar-refractivity contribution < 1.29 is 13.3 Å². The van der Waals surface area contributed by atoms with E-state index in [2.05, 4.69) is 10.2 Å². The van der Waals surface area contributed by atoms with E-state index in [1.54, 1.807) is 23.1 Å². The fourth-order valence-electron chi connectivity index (χ4n) is 3.98. The number of sulfonamides is 1. The molecule has 2 aliphatic rings. The molecule has 3 rings (SSSR count). The summed E-state index contributed by atoms with van der Waals surface area (Å²) in [5.41, 5.74) is 1.21. The van der Waals surface area contributed by atoms with E-state index in [0.717, 1.165) is 19.1 Å². The summed E-state index contributed by atoms with van der Waals surface area (Å²) < 4.78 is 27.3. The lowest BCUT2D eigenvalue weighted by molar-refractivity contribution is -0.930. The molecule has 6 nitrogen and oxygen atoms in total. The Morgan fingerprint density at radius 3 is 2.32 bits per heavy atom. The lowest BCUT2D eigenvalue weighted by Gasteiger charge is -2.37. The first-order valence-corrected chi connectivity index (χ1v) is 9.80. The lowest BCUT2D eigenvalue weighted by Crippen LogP contribution is -3.18. The van der Waals surface area contributed by atoms with E-state index in [0.29, 0.717) is 29.4 Å². The smallest absolute Gasteiger partial charge is 0.247 e. The molecule has 2 N–H and O–H groups in total. The molecule has 0 unspecified atom stereocenters. The molecule has 0 bridgehead atoms. The highest BCUT2D eigenvalue weighted by atomic mass is 32.2. The van der Waals surface area contributed by atoms with Gasteiger partial charge in [0.1, 0.15) is 4.90 Å². The van der Waals surface area contributed by atoms with Crippen LogP contribution in [-0.2, 0) is 10.0 Å². The molecule has 0 spiro atoms. The minimum atomic E-state index is -3.41. The molecule has 2 fully saturated rings. The first kappa shape index (κ1) is 16.0. The molecule has 2 heterocycles. The van der Waals surface area contributed by atoms with Crippen molar-refractivity contribution in [2.75, 3.05) is 26.2 Å². The molecule has 1 aromatic rings. The zero-order chi connectivity index (χ0) is 15.7. The number of quaternary nitrogens is 1. The molecular formula is C15H27N4O2S+. The molecule has 1 aliphatic carbocycles. The highest BCUT2D eigenvalue weighted by Crippen LogP contribution is 2.22. The van der Waals surface area contributed by atoms with Gasteiger partial charge in [0.2, 0.25) is 10.0 Å². The molecule has 1 aromatic heterocycles. The van der Waals surface area contributed by atoms with E-state index in [4.69, 9.17) is 0 Å². The maximum absolute atomic E-state index is 12.8. The molecule has 0 amide bonds. The molecule has 0 radical (unpaired) electrons. The Labute approximate surface area is 132 Å². The van der Waals surface area contributed by atoms with Crippen LogP contribution in [0.3, 0.4) is 0 Å². The quantitative estimate of drug-likeness (QED) is 0.836. The predicted octanol–water partition coefficient (Wildman–Crippen LogP) is 0.248. The van der Waals surface area contributed by atoms with Gasteiger partial charge in [-0.05, 0) is 39.5 Å². The fraction of sp³-hybridized carbons (Fsp3) is 0.800. The van der Waals surface area contributed by atoms with Crippen LogP contribution >= 0.6 is 0 Å². The van der Waals surface area contributed by atoms with Crippen LogP contribution in [0.1, 0.15) is 43.5 Å². The number of piperazine rings is 1. The van der Waals surface area contributed by atoms with Crippen molar-refractivity contribution in [1.82, 2.24) is 14.5 Å². The van der Waals surface area contributed by atoms with Gasteiger partial charge >= 0.3 is 0 Å². The van der Waals surface area contributed by atoms with Crippen molar-refractivity contribution in [1.29, 1.82) is 0 Å². The van der Waals surface area contributed by atoms with Crippen molar-refractivity contribution in [3.05, 3.63) is 11.4 Å². The van der Waals surface area contributed by atoms with Gasteiger partial charge in [0.15, 0.2) is 0 Å². The number of H-pyrrole nitrogens is 1. The second-order valence-electron chi connectivity index (χ2n) is 6.66. The minimum absolute atomic E-state index is 0.369. The third kappa shape index (κ3) is 2.94. The van der Waals surface area contributed by atoms with Crippen LogP contribution in [0.5, 0.6) is 0 Å². The van der Waals surface area contributed by atoms with Gasteiger partial charge in [0.05, 0.1) is 43.6 Å². The Kier molecular flexibility index (Phi) is 4.56. The highest BCUT2D eigenvalue weighted by Gasteiger charge is 2.35. The van der Waals surface area contributed by atoms with Crippen molar-refractivity contribution >= 4 is 10.0 Å². The monoisotopic (exact) mass is 327 g/mol. The first-order chi connectivity index (χ1) is 10.5. The van der Waals surface area contributed by atoms with E-state index >= 15 is 0 Å². The normalized spacial score (nSPS) is 23.0. The number of aromatic amines is 1. The predicted molar refractivity (Wildman–Crippen MR) is 84.4 cm³/mol. The Bertz CT molecular complexity index is 592. The van der Waals surface area contributed by atoms with Gasteiger partial charge in [-0.15, -0.1) is 0 Å². The SMILES string of the molecule is Cc1n[nH]c(C)c1S(=O)(=O)N1CC[NH+](C2CCCCC2)CC1. The van der Waals surface area contributed by atoms with E-state index in [1.165, 1.54) is 32.1 Å². The van der Waals surface area contributed by atoms with Crippen LogP contribution in [0, 0.1) is 13.8 Å². The third-order valence-electron chi connectivity index (χ3n) is 5.21. The number of aromatic nitrogens is 2. The van der Waals surface area contributed by atoms with Crippen LogP contribution in [-0.4, -0.2) is 55.1 Å². The summed E-state index contributed by atoms with van der Waals surface area (Å²) in [4.78, 5) is 1.97. The average Bonchev–Trinajstić information content (AvgIpc) is 2.88. The molecule has 124 valence electrons. The molecule has 1 saturated carbocycles. The number of hydrogen-bond donors (Lipinski definition) is 2. The van der Waals surface area contributed by atoms with Gasteiger partial charge in [-0.25, -0.2) is 8.42 Å². The van der Waals surface area contributed by atoms with Gasteiger partial charge in [-0.1, -0.05) is 6.42 Å². The van der Waals surface area contributed by atoms with Gasteiger partial charge < -0.3 is 4.90 Å². The molecule has 1 aliphatic heterocycles. The molecule has 1 saturated heterocycles. The summed E-state index contributed by atoms with van der Waals surface area (Å²) in [5.74, 6) is 0. The van der Waals surface area contributed by atoms with E-state index in [-0.39, 0.29) is 0 Å². The summed E-state index contributed by atoms with van der Waals surface area (Å²) in [7, 11) is -3.41. The van der Waals surface area contributed by atoms with Crippen molar-refractivity contribution in [3.8, 4) is 0 Å². The van der Waals surface area contributed by atoms with Gasteiger partial charge in [-0.2, -0.15) is 9.40 Å². The summed E-state index contributed by atoms with van der Waals surface area (Å²) >= 11 is 0. The number of nitrogens with zero attached hydrogens (tertiary/aromatic N) is 2. The molecule has 22 heavy (non-hydrogen) atoms. The zero-order valence-electron chi connectivity index (χ0n) is 13.6. The molecule has 0 atom stereocenters. The van der Waals surface area contributed by atoms with Gasteiger partial charge in [0, 0.05) is 0 Å². The van der Waals surface area contributed by atoms with Crippen LogP contribution in [0.2, 0.25) is 0 Å². The Balaban J connectivity index is 1.68. The highest BCUT2D eigenvalue weighted by molar-refractivity contribution is 7.89. The van der Waals surface area contributed by atoms with Crippen LogP contribution in [0.15, 0.2) is 4.90 Å². The largest absolute Gasteiger partial charge is 0.330 e. The maximum atomic E-state index is 12.8. The van der Waals surface area contributed by atoms with Crippen LogP contribution < -0.4 is 4.90 Å². The Hall–Kier alpha value is -0.920. The van der Waals surface area contributed by atoms with Gasteiger partial charge in [0.25, 0.3) is 0 Å². The van der Waals surface area contributed by atoms with E-state index in [1.807, 2.05) is 0 Å². The van der Waals surface area contributed by atoms with Crippen molar-refractivity contribution in [2.45, 2.75) is 56.9 Å².